The Morgan fingerprint density at radius 3 is 1.17 bits per heavy atom. The number of rotatable bonds is 6. The first-order valence-electron chi connectivity index (χ1n) is 14.6. The van der Waals surface area contributed by atoms with E-state index < -0.39 is 0 Å². The van der Waals surface area contributed by atoms with Crippen LogP contribution in [0.5, 0.6) is 11.5 Å². The minimum absolute atomic E-state index is 0.339. The van der Waals surface area contributed by atoms with Gasteiger partial charge in [0.15, 0.2) is 0 Å². The lowest BCUT2D eigenvalue weighted by Gasteiger charge is -2.54. The van der Waals surface area contributed by atoms with Crippen molar-refractivity contribution >= 4 is 0 Å². The molecule has 0 spiro atoms. The van der Waals surface area contributed by atoms with Crippen LogP contribution in [0, 0.1) is 10.8 Å². The van der Waals surface area contributed by atoms with Gasteiger partial charge in [0.2, 0.25) is 0 Å². The van der Waals surface area contributed by atoms with Crippen molar-refractivity contribution in [3.63, 3.8) is 0 Å². The quantitative estimate of drug-likeness (QED) is 0.383. The van der Waals surface area contributed by atoms with Crippen LogP contribution in [0.2, 0.25) is 0 Å². The van der Waals surface area contributed by atoms with Crippen molar-refractivity contribution in [2.24, 2.45) is 10.8 Å². The molecular weight excluding hydrogens is 444 g/mol. The summed E-state index contributed by atoms with van der Waals surface area (Å²) in [6, 6.07) is 15.8. The number of fused-ring (bicyclic) bond motifs is 6. The zero-order valence-electron chi connectivity index (χ0n) is 22.3. The molecule has 0 saturated heterocycles. The van der Waals surface area contributed by atoms with Crippen LogP contribution in [0.15, 0.2) is 48.5 Å². The van der Waals surface area contributed by atoms with Crippen molar-refractivity contribution in [1.82, 2.24) is 0 Å². The molecule has 2 aromatic carbocycles. The summed E-state index contributed by atoms with van der Waals surface area (Å²) in [6.45, 7) is 2.66. The van der Waals surface area contributed by atoms with Crippen LogP contribution in [-0.4, -0.2) is 21.9 Å². The van der Waals surface area contributed by atoms with Gasteiger partial charge in [-0.05, 0) is 147 Å². The van der Waals surface area contributed by atoms with E-state index in [2.05, 4.69) is 31.2 Å². The molecule has 0 aromatic heterocycles. The molecule has 0 radical (unpaired) electrons. The van der Waals surface area contributed by atoms with Crippen LogP contribution in [-0.2, 0) is 10.8 Å². The fourth-order valence-corrected chi connectivity index (χ4v) is 8.54. The maximum Gasteiger partial charge on any atom is 0.115 e. The van der Waals surface area contributed by atoms with Crippen molar-refractivity contribution < 1.29 is 15.3 Å². The Morgan fingerprint density at radius 2 is 0.861 bits per heavy atom. The van der Waals surface area contributed by atoms with E-state index in [-0.39, 0.29) is 0 Å². The highest BCUT2D eigenvalue weighted by atomic mass is 16.3. The first-order chi connectivity index (χ1) is 17.4. The van der Waals surface area contributed by atoms with Gasteiger partial charge in [0.25, 0.3) is 0 Å². The molecule has 6 aliphatic rings. The monoisotopic (exact) mass is 490 g/mol. The van der Waals surface area contributed by atoms with E-state index in [4.69, 9.17) is 0 Å². The molecule has 36 heavy (non-hydrogen) atoms. The van der Waals surface area contributed by atoms with E-state index in [1.54, 1.807) is 0 Å². The number of aliphatic hydroxyl groups excluding tert-OH is 1. The lowest BCUT2D eigenvalue weighted by molar-refractivity contribution is 0.0192. The van der Waals surface area contributed by atoms with Gasteiger partial charge in [-0.15, -0.1) is 0 Å². The summed E-state index contributed by atoms with van der Waals surface area (Å²) < 4.78 is 0. The van der Waals surface area contributed by atoms with Gasteiger partial charge in [-0.2, -0.15) is 0 Å². The normalized spacial score (nSPS) is 34.7. The van der Waals surface area contributed by atoms with Gasteiger partial charge in [0.05, 0.1) is 0 Å². The molecule has 6 fully saturated rings. The first kappa shape index (κ1) is 25.6. The Kier molecular flexibility index (Phi) is 7.15. The Labute approximate surface area is 218 Å². The predicted octanol–water partition coefficient (Wildman–Crippen LogP) is 8.15. The second-order valence-corrected chi connectivity index (χ2v) is 12.9. The highest BCUT2D eigenvalue weighted by Crippen LogP contribution is 2.60. The van der Waals surface area contributed by atoms with Gasteiger partial charge in [-0.25, -0.2) is 0 Å². The molecule has 8 rings (SSSR count). The third kappa shape index (κ3) is 4.80. The number of hydrogen-bond acceptors (Lipinski definition) is 3. The Morgan fingerprint density at radius 1 is 0.528 bits per heavy atom. The molecule has 3 N–H and O–H groups in total. The summed E-state index contributed by atoms with van der Waals surface area (Å²) in [7, 11) is 0. The largest absolute Gasteiger partial charge is 0.508 e. The topological polar surface area (TPSA) is 60.7 Å². The molecule has 2 aromatic rings. The maximum atomic E-state index is 9.43. The Balaban J connectivity index is 0.000000148. The number of phenolic OH excluding ortho intramolecular Hbond substituents is 2. The predicted molar refractivity (Wildman–Crippen MR) is 146 cm³/mol. The second-order valence-electron chi connectivity index (χ2n) is 12.9. The average Bonchev–Trinajstić information content (AvgIpc) is 2.92. The fraction of sp³-hybridized carbons (Fsp3) is 0.636. The molecule has 3 nitrogen and oxygen atoms in total. The van der Waals surface area contributed by atoms with Crippen LogP contribution >= 0.6 is 0 Å². The Bertz CT molecular complexity index is 874. The van der Waals surface area contributed by atoms with Gasteiger partial charge >= 0.3 is 0 Å². The standard InChI is InChI=1S/C17H24O.C16H22O2/c1-2-7-16-8-11-17(12-9-16,13-10-16)14-3-5-15(18)6-4-14;17-12-11-15-5-8-16(9-6-15,10-7-15)13-1-3-14(18)4-2-13/h3-6,18H,2,7-13H2,1H3;1-4,17-18H,5-12H2. The number of aromatic hydroxyl groups is 2. The zero-order valence-corrected chi connectivity index (χ0v) is 22.3. The number of benzene rings is 2. The third-order valence-electron chi connectivity index (χ3n) is 11.2. The van der Waals surface area contributed by atoms with Gasteiger partial charge in [-0.1, -0.05) is 37.6 Å². The minimum Gasteiger partial charge on any atom is -0.508 e. The summed E-state index contributed by atoms with van der Waals surface area (Å²) in [4.78, 5) is 0. The molecule has 196 valence electrons. The van der Waals surface area contributed by atoms with Gasteiger partial charge < -0.3 is 15.3 Å². The molecule has 4 bridgehead atoms. The molecule has 0 amide bonds. The number of phenols is 2. The van der Waals surface area contributed by atoms with Gasteiger partial charge in [0, 0.05) is 6.61 Å². The van der Waals surface area contributed by atoms with Crippen LogP contribution in [0.25, 0.3) is 0 Å². The highest BCUT2D eigenvalue weighted by Gasteiger charge is 2.49. The molecule has 6 saturated carbocycles. The zero-order chi connectivity index (χ0) is 25.3. The van der Waals surface area contributed by atoms with E-state index in [1.165, 1.54) is 101 Å². The van der Waals surface area contributed by atoms with Crippen LogP contribution in [0.4, 0.5) is 0 Å². The van der Waals surface area contributed by atoms with Gasteiger partial charge in [0.1, 0.15) is 11.5 Å². The van der Waals surface area contributed by atoms with Crippen molar-refractivity contribution in [3.05, 3.63) is 59.7 Å². The second kappa shape index (κ2) is 10.0. The van der Waals surface area contributed by atoms with Crippen molar-refractivity contribution in [3.8, 4) is 11.5 Å². The number of aliphatic hydroxyl groups is 1. The molecule has 0 unspecified atom stereocenters. The van der Waals surface area contributed by atoms with E-state index in [1.807, 2.05) is 24.3 Å². The molecule has 0 aliphatic heterocycles. The van der Waals surface area contributed by atoms with Gasteiger partial charge in [-0.3, -0.25) is 0 Å². The smallest absolute Gasteiger partial charge is 0.115 e. The molecule has 0 atom stereocenters. The average molecular weight is 491 g/mol. The maximum absolute atomic E-state index is 9.43. The Hall–Kier alpha value is -2.00. The summed E-state index contributed by atoms with van der Waals surface area (Å²) in [5.41, 5.74) is 4.78. The molecular formula is C33H46O3. The summed E-state index contributed by atoms with van der Waals surface area (Å²) in [5.74, 6) is 0.749. The lowest BCUT2D eigenvalue weighted by atomic mass is 9.51. The highest BCUT2D eigenvalue weighted by molar-refractivity contribution is 5.34. The van der Waals surface area contributed by atoms with E-state index in [0.29, 0.717) is 39.8 Å². The fourth-order valence-electron chi connectivity index (χ4n) is 8.54. The third-order valence-corrected chi connectivity index (χ3v) is 11.2. The van der Waals surface area contributed by atoms with E-state index in [9.17, 15) is 15.3 Å². The van der Waals surface area contributed by atoms with Crippen molar-refractivity contribution in [1.29, 1.82) is 0 Å². The van der Waals surface area contributed by atoms with Crippen molar-refractivity contribution in [2.75, 3.05) is 6.61 Å². The van der Waals surface area contributed by atoms with Crippen LogP contribution in [0.3, 0.4) is 0 Å². The number of hydrogen-bond donors (Lipinski definition) is 3. The summed E-state index contributed by atoms with van der Waals surface area (Å²) in [5, 5.41) is 28.1. The SMILES string of the molecule is CCCC12CCC(c3ccc(O)cc3)(CC1)CC2.OCCC12CCC(c3ccc(O)cc3)(CC1)CC2. The molecule has 6 aliphatic carbocycles. The molecule has 0 heterocycles. The van der Waals surface area contributed by atoms with E-state index in [0.717, 1.165) is 6.42 Å². The first-order valence-corrected chi connectivity index (χ1v) is 14.6. The van der Waals surface area contributed by atoms with E-state index >= 15 is 0 Å². The van der Waals surface area contributed by atoms with Crippen LogP contribution in [0.1, 0.15) is 114 Å². The summed E-state index contributed by atoms with van der Waals surface area (Å²) in [6.07, 6.45) is 19.6. The van der Waals surface area contributed by atoms with Crippen molar-refractivity contribution in [2.45, 2.75) is 114 Å². The minimum atomic E-state index is 0.339. The lowest BCUT2D eigenvalue weighted by Crippen LogP contribution is -2.44. The molecule has 3 heteroatoms. The summed E-state index contributed by atoms with van der Waals surface area (Å²) >= 11 is 0. The van der Waals surface area contributed by atoms with Crippen LogP contribution < -0.4 is 0 Å².